The molecule has 1 aromatic carbocycles. The molecule has 0 aliphatic carbocycles. The highest BCUT2D eigenvalue weighted by Gasteiger charge is 2.24. The molecule has 1 saturated heterocycles. The number of nitrogens with zero attached hydrogens (tertiary/aromatic N) is 4. The van der Waals surface area contributed by atoms with Crippen LogP contribution < -0.4 is 4.90 Å². The fourth-order valence-electron chi connectivity index (χ4n) is 3.31. The number of aromatic nitrogens is 3. The number of anilines is 1. The molecule has 0 radical (unpaired) electrons. The lowest BCUT2D eigenvalue weighted by Gasteiger charge is -2.31. The number of hydrogen-bond donors (Lipinski definition) is 0. The van der Waals surface area contributed by atoms with Crippen molar-refractivity contribution in [1.82, 2.24) is 14.8 Å². The van der Waals surface area contributed by atoms with Crippen molar-refractivity contribution in [3.63, 3.8) is 0 Å². The van der Waals surface area contributed by atoms with Crippen molar-refractivity contribution in [1.29, 1.82) is 0 Å². The zero-order valence-electron chi connectivity index (χ0n) is 13.5. The van der Waals surface area contributed by atoms with E-state index in [1.54, 1.807) is 23.5 Å². The second kappa shape index (κ2) is 6.36. The van der Waals surface area contributed by atoms with Gasteiger partial charge in [-0.1, -0.05) is 0 Å². The molecule has 4 nitrogen and oxygen atoms in total. The summed E-state index contributed by atoms with van der Waals surface area (Å²) in [5.74, 6) is 0.358. The number of benzene rings is 1. The minimum absolute atomic E-state index is 0.216. The smallest absolute Gasteiger partial charge is 0.185 e. The van der Waals surface area contributed by atoms with E-state index in [1.807, 2.05) is 17.9 Å². The van der Waals surface area contributed by atoms with Crippen LogP contribution in [-0.2, 0) is 7.05 Å². The van der Waals surface area contributed by atoms with Gasteiger partial charge < -0.3 is 4.90 Å². The summed E-state index contributed by atoms with van der Waals surface area (Å²) >= 11 is 1.66. The molecule has 24 heavy (non-hydrogen) atoms. The molecule has 0 unspecified atom stereocenters. The van der Waals surface area contributed by atoms with Gasteiger partial charge in [0.25, 0.3) is 0 Å². The number of thiazole rings is 1. The van der Waals surface area contributed by atoms with E-state index < -0.39 is 0 Å². The second-order valence-electron chi connectivity index (χ2n) is 6.16. The van der Waals surface area contributed by atoms with Gasteiger partial charge in [-0.15, -0.1) is 11.3 Å². The van der Waals surface area contributed by atoms with Crippen LogP contribution in [0.3, 0.4) is 0 Å². The topological polar surface area (TPSA) is 34.0 Å². The van der Waals surface area contributed by atoms with Crippen LogP contribution in [-0.4, -0.2) is 27.9 Å². The predicted octanol–water partition coefficient (Wildman–Crippen LogP) is 4.07. The Balaban J connectivity index is 1.45. The van der Waals surface area contributed by atoms with Crippen molar-refractivity contribution in [3.05, 3.63) is 53.4 Å². The number of aryl methyl sites for hydroxylation is 1. The van der Waals surface area contributed by atoms with Crippen LogP contribution in [0.4, 0.5) is 9.52 Å². The monoisotopic (exact) mass is 342 g/mol. The van der Waals surface area contributed by atoms with Crippen LogP contribution in [0, 0.1) is 5.82 Å². The number of halogens is 1. The normalized spacial score (nSPS) is 15.8. The molecule has 0 saturated carbocycles. The van der Waals surface area contributed by atoms with Gasteiger partial charge in [0.2, 0.25) is 0 Å². The van der Waals surface area contributed by atoms with E-state index in [9.17, 15) is 4.39 Å². The van der Waals surface area contributed by atoms with Gasteiger partial charge in [-0.05, 0) is 43.2 Å². The average Bonchev–Trinajstić information content (AvgIpc) is 3.25. The molecule has 0 N–H and O–H groups in total. The van der Waals surface area contributed by atoms with Crippen molar-refractivity contribution >= 4 is 16.5 Å². The Morgan fingerprint density at radius 3 is 2.54 bits per heavy atom. The zero-order chi connectivity index (χ0) is 16.5. The summed E-state index contributed by atoms with van der Waals surface area (Å²) in [6.45, 7) is 2.01. The second-order valence-corrected chi connectivity index (χ2v) is 7.00. The highest BCUT2D eigenvalue weighted by atomic mass is 32.1. The van der Waals surface area contributed by atoms with Crippen LogP contribution in [0.1, 0.15) is 24.5 Å². The van der Waals surface area contributed by atoms with E-state index in [2.05, 4.69) is 21.4 Å². The number of rotatable bonds is 3. The molecule has 3 aromatic rings. The Hall–Kier alpha value is -2.21. The van der Waals surface area contributed by atoms with Crippen LogP contribution in [0.25, 0.3) is 11.3 Å². The molecule has 0 bridgehead atoms. The summed E-state index contributed by atoms with van der Waals surface area (Å²) in [6, 6.07) is 8.64. The molecule has 0 amide bonds. The molecule has 0 atom stereocenters. The summed E-state index contributed by atoms with van der Waals surface area (Å²) in [4.78, 5) is 7.10. The molecule has 124 valence electrons. The summed E-state index contributed by atoms with van der Waals surface area (Å²) in [5.41, 5.74) is 3.20. The minimum Gasteiger partial charge on any atom is -0.348 e. The number of hydrogen-bond acceptors (Lipinski definition) is 4. The highest BCUT2D eigenvalue weighted by Crippen LogP contribution is 2.33. The quantitative estimate of drug-likeness (QED) is 0.720. The van der Waals surface area contributed by atoms with Gasteiger partial charge in [-0.3, -0.25) is 4.68 Å². The third-order valence-electron chi connectivity index (χ3n) is 4.67. The maximum absolute atomic E-state index is 13.0. The Morgan fingerprint density at radius 1 is 1.12 bits per heavy atom. The molecule has 3 heterocycles. The molecule has 1 aliphatic rings. The van der Waals surface area contributed by atoms with Crippen molar-refractivity contribution in [2.45, 2.75) is 18.8 Å². The van der Waals surface area contributed by atoms with E-state index in [-0.39, 0.29) is 5.82 Å². The van der Waals surface area contributed by atoms with E-state index in [1.165, 1.54) is 17.8 Å². The highest BCUT2D eigenvalue weighted by molar-refractivity contribution is 7.14. The van der Waals surface area contributed by atoms with Crippen LogP contribution >= 0.6 is 11.3 Å². The first kappa shape index (κ1) is 15.3. The van der Waals surface area contributed by atoms with Gasteiger partial charge in [0.15, 0.2) is 5.13 Å². The lowest BCUT2D eigenvalue weighted by atomic mass is 9.94. The lowest BCUT2D eigenvalue weighted by Crippen LogP contribution is -2.33. The van der Waals surface area contributed by atoms with E-state index in [4.69, 9.17) is 4.98 Å². The van der Waals surface area contributed by atoms with Gasteiger partial charge >= 0.3 is 0 Å². The minimum atomic E-state index is -0.216. The fourth-order valence-corrected chi connectivity index (χ4v) is 4.20. The predicted molar refractivity (Wildman–Crippen MR) is 94.9 cm³/mol. The first-order valence-corrected chi connectivity index (χ1v) is 9.03. The molecule has 2 aromatic heterocycles. The van der Waals surface area contributed by atoms with Gasteiger partial charge in [0, 0.05) is 48.9 Å². The lowest BCUT2D eigenvalue weighted by molar-refractivity contribution is 0.477. The Kier molecular flexibility index (Phi) is 4.06. The van der Waals surface area contributed by atoms with E-state index in [0.717, 1.165) is 42.3 Å². The Bertz CT molecular complexity index is 816. The molecule has 1 aliphatic heterocycles. The standard InChI is InChI=1S/C18H19FN4S/c1-22-17(6-9-20-22)14-7-10-23(11-8-14)18-21-16(12-24-18)13-2-4-15(19)5-3-13/h2-6,9,12,14H,7-8,10-11H2,1H3. The van der Waals surface area contributed by atoms with Crippen LogP contribution in [0.5, 0.6) is 0 Å². The molecule has 0 spiro atoms. The average molecular weight is 342 g/mol. The third-order valence-corrected chi connectivity index (χ3v) is 5.58. The van der Waals surface area contributed by atoms with Crippen molar-refractivity contribution in [3.8, 4) is 11.3 Å². The van der Waals surface area contributed by atoms with Gasteiger partial charge in [0.1, 0.15) is 5.82 Å². The van der Waals surface area contributed by atoms with Crippen LogP contribution in [0.15, 0.2) is 41.9 Å². The summed E-state index contributed by atoms with van der Waals surface area (Å²) in [5, 5.41) is 7.38. The van der Waals surface area contributed by atoms with Crippen molar-refractivity contribution < 1.29 is 4.39 Å². The first-order valence-electron chi connectivity index (χ1n) is 8.15. The third kappa shape index (κ3) is 2.94. The molecule has 1 fully saturated rings. The van der Waals surface area contributed by atoms with Gasteiger partial charge in [-0.2, -0.15) is 5.10 Å². The van der Waals surface area contributed by atoms with Crippen molar-refractivity contribution in [2.24, 2.45) is 7.05 Å². The summed E-state index contributed by atoms with van der Waals surface area (Å²) < 4.78 is 15.0. The SMILES string of the molecule is Cn1nccc1C1CCN(c2nc(-c3ccc(F)cc3)cs2)CC1. The maximum atomic E-state index is 13.0. The van der Waals surface area contributed by atoms with E-state index >= 15 is 0 Å². The summed E-state index contributed by atoms with van der Waals surface area (Å²) in [7, 11) is 2.01. The number of piperidine rings is 1. The van der Waals surface area contributed by atoms with Crippen LogP contribution in [0.2, 0.25) is 0 Å². The van der Waals surface area contributed by atoms with E-state index in [0.29, 0.717) is 5.92 Å². The summed E-state index contributed by atoms with van der Waals surface area (Å²) in [6.07, 6.45) is 4.10. The fraction of sp³-hybridized carbons (Fsp3) is 0.333. The first-order chi connectivity index (χ1) is 11.7. The zero-order valence-corrected chi connectivity index (χ0v) is 14.3. The van der Waals surface area contributed by atoms with Crippen molar-refractivity contribution in [2.75, 3.05) is 18.0 Å². The molecule has 6 heteroatoms. The molecular formula is C18H19FN4S. The maximum Gasteiger partial charge on any atom is 0.185 e. The largest absolute Gasteiger partial charge is 0.348 e. The van der Waals surface area contributed by atoms with Gasteiger partial charge in [0.05, 0.1) is 5.69 Å². The van der Waals surface area contributed by atoms with Gasteiger partial charge in [-0.25, -0.2) is 9.37 Å². The Labute approximate surface area is 144 Å². The molecular weight excluding hydrogens is 323 g/mol. The molecule has 4 rings (SSSR count). The Morgan fingerprint density at radius 2 is 1.88 bits per heavy atom.